The number of hydrogen-bond acceptors (Lipinski definition) is 4. The lowest BCUT2D eigenvalue weighted by molar-refractivity contribution is -0.105. The van der Waals surface area contributed by atoms with Crippen molar-refractivity contribution in [1.29, 1.82) is 0 Å². The molecule has 0 unspecified atom stereocenters. The first-order valence-corrected chi connectivity index (χ1v) is 9.89. The van der Waals surface area contributed by atoms with E-state index in [1.807, 2.05) is 58.1 Å². The van der Waals surface area contributed by atoms with Crippen molar-refractivity contribution in [3.05, 3.63) is 82.7 Å². The molecule has 1 amide bonds. The van der Waals surface area contributed by atoms with Crippen molar-refractivity contribution in [3.63, 3.8) is 0 Å². The average molecular weight is 409 g/mol. The van der Waals surface area contributed by atoms with E-state index in [2.05, 4.69) is 24.1 Å². The monoisotopic (exact) mass is 408 g/mol. The molecule has 0 aliphatic heterocycles. The van der Waals surface area contributed by atoms with Crippen molar-refractivity contribution in [2.24, 2.45) is 0 Å². The van der Waals surface area contributed by atoms with Crippen LogP contribution in [0.15, 0.2) is 71.6 Å². The van der Waals surface area contributed by atoms with Gasteiger partial charge in [-0.15, -0.1) is 0 Å². The number of anilines is 1. The van der Waals surface area contributed by atoms with Gasteiger partial charge in [0.1, 0.15) is 0 Å². The van der Waals surface area contributed by atoms with Gasteiger partial charge in [-0.3, -0.25) is 4.79 Å². The lowest BCUT2D eigenvalue weighted by Crippen LogP contribution is -2.15. The summed E-state index contributed by atoms with van der Waals surface area (Å²) in [6.07, 6.45) is 9.48. The topological polar surface area (TPSA) is 67.4 Å². The van der Waals surface area contributed by atoms with Crippen LogP contribution < -0.4 is 10.6 Å². The lowest BCUT2D eigenvalue weighted by Gasteiger charge is -2.19. The summed E-state index contributed by atoms with van der Waals surface area (Å²) < 4.78 is 4.79. The number of methoxy groups -OCH3 is 1. The Kier molecular flexibility index (Phi) is 10.1. The summed E-state index contributed by atoms with van der Waals surface area (Å²) in [4.78, 5) is 23.1. The van der Waals surface area contributed by atoms with Crippen LogP contribution in [0.4, 0.5) is 5.69 Å². The van der Waals surface area contributed by atoms with Gasteiger partial charge in [-0.1, -0.05) is 43.4 Å². The molecule has 30 heavy (non-hydrogen) atoms. The quantitative estimate of drug-likeness (QED) is 0.294. The number of benzene rings is 1. The second-order valence-corrected chi connectivity index (χ2v) is 6.72. The van der Waals surface area contributed by atoms with Gasteiger partial charge in [0.2, 0.25) is 6.41 Å². The number of hydrogen-bond donors (Lipinski definition) is 2. The van der Waals surface area contributed by atoms with Crippen LogP contribution in [0.25, 0.3) is 5.57 Å². The number of nitrogens with one attached hydrogen (secondary N) is 2. The average Bonchev–Trinajstić information content (AvgIpc) is 2.75. The predicted molar refractivity (Wildman–Crippen MR) is 125 cm³/mol. The molecule has 0 atom stereocenters. The molecule has 0 radical (unpaired) electrons. The van der Waals surface area contributed by atoms with E-state index in [4.69, 9.17) is 4.74 Å². The molecule has 0 fully saturated rings. The third kappa shape index (κ3) is 6.62. The van der Waals surface area contributed by atoms with Crippen LogP contribution in [0.3, 0.4) is 0 Å². The molecule has 5 nitrogen and oxygen atoms in total. The lowest BCUT2D eigenvalue weighted by atomic mass is 9.97. The fourth-order valence-corrected chi connectivity index (χ4v) is 2.96. The molecular weight excluding hydrogens is 376 g/mol. The van der Waals surface area contributed by atoms with Crippen molar-refractivity contribution in [2.45, 2.75) is 41.0 Å². The number of carbonyl (C=O) groups excluding carboxylic acids is 2. The summed E-state index contributed by atoms with van der Waals surface area (Å²) in [7, 11) is 1.32. The van der Waals surface area contributed by atoms with Crippen molar-refractivity contribution < 1.29 is 14.3 Å². The highest BCUT2D eigenvalue weighted by Gasteiger charge is 2.15. The maximum Gasteiger partial charge on any atom is 0.337 e. The Morgan fingerprint density at radius 1 is 1.23 bits per heavy atom. The molecule has 0 spiro atoms. The summed E-state index contributed by atoms with van der Waals surface area (Å²) in [6, 6.07) is 5.11. The fraction of sp³-hybridized carbons (Fsp3) is 0.280. The van der Waals surface area contributed by atoms with E-state index in [1.165, 1.54) is 7.11 Å². The zero-order valence-corrected chi connectivity index (χ0v) is 18.8. The van der Waals surface area contributed by atoms with Gasteiger partial charge in [-0.2, -0.15) is 0 Å². The van der Waals surface area contributed by atoms with E-state index in [-0.39, 0.29) is 0 Å². The molecule has 0 aliphatic rings. The molecular formula is C25H32N2O3. The second-order valence-electron chi connectivity index (χ2n) is 6.72. The number of esters is 1. The molecule has 0 aliphatic carbocycles. The SMILES string of the molecule is C=C(/C=C(\C)NC(/C(/C=C\C)=C/C)=C(\C)c1ccc(C(=O)OC)cc1NC=O)CC. The van der Waals surface area contributed by atoms with Gasteiger partial charge >= 0.3 is 5.97 Å². The van der Waals surface area contributed by atoms with Gasteiger partial charge in [-0.05, 0) is 63.5 Å². The molecule has 1 aromatic rings. The molecule has 1 aromatic carbocycles. The fourth-order valence-electron chi connectivity index (χ4n) is 2.96. The number of rotatable bonds is 10. The Balaban J connectivity index is 3.67. The minimum Gasteiger partial charge on any atom is -0.465 e. The van der Waals surface area contributed by atoms with Crippen molar-refractivity contribution in [3.8, 4) is 0 Å². The molecule has 0 heterocycles. The zero-order valence-electron chi connectivity index (χ0n) is 18.8. The summed E-state index contributed by atoms with van der Waals surface area (Å²) in [6.45, 7) is 14.0. The molecule has 0 aromatic heterocycles. The maximum atomic E-state index is 11.9. The smallest absolute Gasteiger partial charge is 0.337 e. The number of carbonyl (C=O) groups is 2. The number of amides is 1. The first-order chi connectivity index (χ1) is 14.3. The molecule has 2 N–H and O–H groups in total. The number of ether oxygens (including phenoxy) is 1. The van der Waals surface area contributed by atoms with Crippen molar-refractivity contribution >= 4 is 23.6 Å². The standard InChI is InChI=1S/C25H32N2O3/c1-8-11-20(10-3)24(27-18(5)14-17(4)9-2)19(6)22-13-12-21(25(29)30-7)15-23(22)26-16-28/h8,10-16,27H,4,9H2,1-3,5-7H3,(H,26,28)/b11-8-,18-14+,20-10+,24-19+. The van der Waals surface area contributed by atoms with Crippen molar-refractivity contribution in [1.82, 2.24) is 5.32 Å². The van der Waals surface area contributed by atoms with Crippen LogP contribution >= 0.6 is 0 Å². The predicted octanol–water partition coefficient (Wildman–Crippen LogP) is 5.75. The molecule has 1 rings (SSSR count). The van der Waals surface area contributed by atoms with E-state index in [9.17, 15) is 9.59 Å². The Morgan fingerprint density at radius 2 is 1.93 bits per heavy atom. The van der Waals surface area contributed by atoms with Crippen LogP contribution in [-0.4, -0.2) is 19.5 Å². The third-order valence-corrected chi connectivity index (χ3v) is 4.58. The highest BCUT2D eigenvalue weighted by Crippen LogP contribution is 2.30. The van der Waals surface area contributed by atoms with Crippen LogP contribution in [-0.2, 0) is 9.53 Å². The Bertz CT molecular complexity index is 918. The van der Waals surface area contributed by atoms with E-state index < -0.39 is 5.97 Å². The minimum absolute atomic E-state index is 0.364. The third-order valence-electron chi connectivity index (χ3n) is 4.58. The van der Waals surface area contributed by atoms with Gasteiger partial charge < -0.3 is 15.4 Å². The minimum atomic E-state index is -0.463. The van der Waals surface area contributed by atoms with Crippen LogP contribution in [0, 0.1) is 0 Å². The van der Waals surface area contributed by atoms with E-state index in [0.717, 1.165) is 40.1 Å². The van der Waals surface area contributed by atoms with E-state index in [1.54, 1.807) is 12.1 Å². The van der Waals surface area contributed by atoms with Crippen LogP contribution in [0.1, 0.15) is 57.0 Å². The Labute approximate surface area is 179 Å². The van der Waals surface area contributed by atoms with Gasteiger partial charge in [0, 0.05) is 22.6 Å². The van der Waals surface area contributed by atoms with Crippen LogP contribution in [0.2, 0.25) is 0 Å². The summed E-state index contributed by atoms with van der Waals surface area (Å²) in [5.74, 6) is -0.463. The van der Waals surface area contributed by atoms with Crippen molar-refractivity contribution in [2.75, 3.05) is 12.4 Å². The maximum absolute atomic E-state index is 11.9. The second kappa shape index (κ2) is 12.3. The molecule has 160 valence electrons. The van der Waals surface area contributed by atoms with Gasteiger partial charge in [0.25, 0.3) is 0 Å². The highest BCUT2D eigenvalue weighted by molar-refractivity contribution is 5.94. The Hall–Kier alpha value is -3.34. The molecule has 0 saturated heterocycles. The first-order valence-electron chi connectivity index (χ1n) is 9.89. The van der Waals surface area contributed by atoms with Gasteiger partial charge in [0.05, 0.1) is 12.7 Å². The van der Waals surface area contributed by atoms with Crippen LogP contribution in [0.5, 0.6) is 0 Å². The van der Waals surface area contributed by atoms with E-state index >= 15 is 0 Å². The molecule has 0 bridgehead atoms. The normalized spacial score (nSPS) is 13.0. The molecule has 0 saturated carbocycles. The number of allylic oxidation sites excluding steroid dienone is 7. The van der Waals surface area contributed by atoms with Gasteiger partial charge in [-0.25, -0.2) is 4.79 Å². The van der Waals surface area contributed by atoms with E-state index in [0.29, 0.717) is 17.7 Å². The van der Waals surface area contributed by atoms with Gasteiger partial charge in [0.15, 0.2) is 0 Å². The summed E-state index contributed by atoms with van der Waals surface area (Å²) >= 11 is 0. The highest BCUT2D eigenvalue weighted by atomic mass is 16.5. The summed E-state index contributed by atoms with van der Waals surface area (Å²) in [5.41, 5.74) is 6.47. The summed E-state index contributed by atoms with van der Waals surface area (Å²) in [5, 5.41) is 6.19. The Morgan fingerprint density at radius 3 is 2.47 bits per heavy atom. The largest absolute Gasteiger partial charge is 0.465 e. The first kappa shape index (κ1) is 24.7. The zero-order chi connectivity index (χ0) is 22.7. The molecule has 5 heteroatoms.